The van der Waals surface area contributed by atoms with Crippen LogP contribution in [0, 0.1) is 0 Å². The Morgan fingerprint density at radius 2 is 2.44 bits per heavy atom. The lowest BCUT2D eigenvalue weighted by atomic mass is 10.1. The van der Waals surface area contributed by atoms with Crippen LogP contribution in [-0.2, 0) is 4.79 Å². The Morgan fingerprint density at radius 1 is 1.56 bits per heavy atom. The number of rotatable bonds is 4. The zero-order valence-corrected chi connectivity index (χ0v) is 11.7. The molecule has 18 heavy (non-hydrogen) atoms. The second-order valence-electron chi connectivity index (χ2n) is 4.36. The molecule has 0 aromatic heterocycles. The van der Waals surface area contributed by atoms with Gasteiger partial charge in [-0.1, -0.05) is 22.0 Å². The van der Waals surface area contributed by atoms with Crippen molar-refractivity contribution in [3.05, 3.63) is 28.7 Å². The molecular formula is C13H17BrN2O2. The summed E-state index contributed by atoms with van der Waals surface area (Å²) in [5.41, 5.74) is 0. The van der Waals surface area contributed by atoms with E-state index in [9.17, 15) is 4.79 Å². The molecule has 0 saturated carbocycles. The van der Waals surface area contributed by atoms with E-state index in [1.165, 1.54) is 0 Å². The van der Waals surface area contributed by atoms with Gasteiger partial charge in [0.25, 0.3) is 5.91 Å². The number of piperidine rings is 1. The molecule has 4 nitrogen and oxygen atoms in total. The van der Waals surface area contributed by atoms with Crippen molar-refractivity contribution < 1.29 is 9.53 Å². The number of hydrogen-bond acceptors (Lipinski definition) is 3. The number of hydrogen-bond donors (Lipinski definition) is 2. The molecule has 0 bridgehead atoms. The maximum Gasteiger partial charge on any atom is 0.258 e. The molecule has 0 aliphatic carbocycles. The summed E-state index contributed by atoms with van der Waals surface area (Å²) in [5.74, 6) is 0.630. The van der Waals surface area contributed by atoms with E-state index in [1.807, 2.05) is 24.3 Å². The molecule has 2 rings (SSSR count). The molecule has 1 heterocycles. The number of carbonyl (C=O) groups is 1. The van der Waals surface area contributed by atoms with Crippen LogP contribution in [0.3, 0.4) is 0 Å². The van der Waals surface area contributed by atoms with Gasteiger partial charge in [0.1, 0.15) is 5.75 Å². The lowest BCUT2D eigenvalue weighted by Gasteiger charge is -2.23. The van der Waals surface area contributed by atoms with Gasteiger partial charge in [0.05, 0.1) is 0 Å². The van der Waals surface area contributed by atoms with Gasteiger partial charge in [-0.2, -0.15) is 0 Å². The second-order valence-corrected chi connectivity index (χ2v) is 5.27. The van der Waals surface area contributed by atoms with Crippen LogP contribution in [0.5, 0.6) is 5.75 Å². The summed E-state index contributed by atoms with van der Waals surface area (Å²) in [6.45, 7) is 1.95. The minimum absolute atomic E-state index is 0.0625. The normalized spacial score (nSPS) is 19.3. The lowest BCUT2D eigenvalue weighted by Crippen LogP contribution is -2.46. The first-order valence-corrected chi connectivity index (χ1v) is 6.92. The second kappa shape index (κ2) is 6.75. The highest BCUT2D eigenvalue weighted by atomic mass is 79.9. The van der Waals surface area contributed by atoms with Crippen LogP contribution in [0.4, 0.5) is 0 Å². The van der Waals surface area contributed by atoms with E-state index in [-0.39, 0.29) is 18.6 Å². The van der Waals surface area contributed by atoms with Crippen LogP contribution in [0.2, 0.25) is 0 Å². The van der Waals surface area contributed by atoms with Gasteiger partial charge >= 0.3 is 0 Å². The minimum atomic E-state index is -0.0660. The number of halogens is 1. The Hall–Kier alpha value is -1.07. The van der Waals surface area contributed by atoms with Crippen LogP contribution in [0.15, 0.2) is 28.7 Å². The Morgan fingerprint density at radius 3 is 3.17 bits per heavy atom. The van der Waals surface area contributed by atoms with Gasteiger partial charge in [-0.15, -0.1) is 0 Å². The van der Waals surface area contributed by atoms with Gasteiger partial charge in [0, 0.05) is 17.1 Å². The van der Waals surface area contributed by atoms with E-state index in [4.69, 9.17) is 4.74 Å². The van der Waals surface area contributed by atoms with E-state index in [0.29, 0.717) is 5.75 Å². The summed E-state index contributed by atoms with van der Waals surface area (Å²) < 4.78 is 6.37. The zero-order valence-electron chi connectivity index (χ0n) is 10.1. The number of nitrogens with one attached hydrogen (secondary N) is 2. The average molecular weight is 313 g/mol. The predicted octanol–water partition coefficient (Wildman–Crippen LogP) is 1.70. The average Bonchev–Trinajstić information content (AvgIpc) is 2.38. The van der Waals surface area contributed by atoms with Crippen molar-refractivity contribution in [2.75, 3.05) is 19.7 Å². The number of amides is 1. The number of ether oxygens (including phenoxy) is 1. The molecule has 0 radical (unpaired) electrons. The minimum Gasteiger partial charge on any atom is -0.484 e. The monoisotopic (exact) mass is 312 g/mol. The van der Waals surface area contributed by atoms with Gasteiger partial charge in [0.2, 0.25) is 0 Å². The summed E-state index contributed by atoms with van der Waals surface area (Å²) in [5, 5.41) is 6.23. The molecule has 1 aromatic carbocycles. The molecule has 1 unspecified atom stereocenters. The molecule has 1 aliphatic heterocycles. The molecule has 0 spiro atoms. The third kappa shape index (κ3) is 4.31. The molecule has 5 heteroatoms. The molecule has 2 N–H and O–H groups in total. The quantitative estimate of drug-likeness (QED) is 0.889. The van der Waals surface area contributed by atoms with Gasteiger partial charge in [-0.25, -0.2) is 0 Å². The Labute approximate surface area is 115 Å². The van der Waals surface area contributed by atoms with Gasteiger partial charge < -0.3 is 15.4 Å². The molecule has 1 amide bonds. The zero-order chi connectivity index (χ0) is 12.8. The molecule has 1 aromatic rings. The molecule has 98 valence electrons. The first-order valence-electron chi connectivity index (χ1n) is 6.12. The Bertz CT molecular complexity index is 406. The van der Waals surface area contributed by atoms with Gasteiger partial charge in [-0.05, 0) is 37.6 Å². The van der Waals surface area contributed by atoms with Crippen molar-refractivity contribution in [3.63, 3.8) is 0 Å². The smallest absolute Gasteiger partial charge is 0.258 e. The lowest BCUT2D eigenvalue weighted by molar-refractivity contribution is -0.123. The van der Waals surface area contributed by atoms with Crippen molar-refractivity contribution in [1.29, 1.82) is 0 Å². The number of benzene rings is 1. The van der Waals surface area contributed by atoms with Crippen molar-refractivity contribution >= 4 is 21.8 Å². The fourth-order valence-electron chi connectivity index (χ4n) is 1.95. The standard InChI is InChI=1S/C13H17BrN2O2/c14-10-3-1-5-12(7-10)18-9-13(17)16-11-4-2-6-15-8-11/h1,3,5,7,11,15H,2,4,6,8-9H2,(H,16,17). The summed E-state index contributed by atoms with van der Waals surface area (Å²) in [4.78, 5) is 11.7. The third-order valence-corrected chi connectivity index (χ3v) is 3.32. The molecule has 1 fully saturated rings. The van der Waals surface area contributed by atoms with Crippen molar-refractivity contribution in [2.45, 2.75) is 18.9 Å². The van der Waals surface area contributed by atoms with E-state index in [0.717, 1.165) is 30.4 Å². The van der Waals surface area contributed by atoms with Crippen LogP contribution >= 0.6 is 15.9 Å². The van der Waals surface area contributed by atoms with Gasteiger partial charge in [-0.3, -0.25) is 4.79 Å². The SMILES string of the molecule is O=C(COc1cccc(Br)c1)NC1CCCNC1. The number of carbonyl (C=O) groups excluding carboxylic acids is 1. The highest BCUT2D eigenvalue weighted by molar-refractivity contribution is 9.10. The highest BCUT2D eigenvalue weighted by Crippen LogP contribution is 2.17. The Kier molecular flexibility index (Phi) is 5.01. The van der Waals surface area contributed by atoms with Crippen LogP contribution < -0.4 is 15.4 Å². The third-order valence-electron chi connectivity index (χ3n) is 2.83. The summed E-state index contributed by atoms with van der Waals surface area (Å²) in [6.07, 6.45) is 2.15. The summed E-state index contributed by atoms with van der Waals surface area (Å²) in [7, 11) is 0. The van der Waals surface area contributed by atoms with E-state index in [1.54, 1.807) is 0 Å². The largest absolute Gasteiger partial charge is 0.484 e. The van der Waals surface area contributed by atoms with E-state index in [2.05, 4.69) is 26.6 Å². The first kappa shape index (κ1) is 13.4. The summed E-state index contributed by atoms with van der Waals surface area (Å²) >= 11 is 3.36. The van der Waals surface area contributed by atoms with E-state index < -0.39 is 0 Å². The van der Waals surface area contributed by atoms with Gasteiger partial charge in [0.15, 0.2) is 6.61 Å². The van der Waals surface area contributed by atoms with E-state index >= 15 is 0 Å². The molecule has 1 saturated heterocycles. The first-order chi connectivity index (χ1) is 8.74. The maximum absolute atomic E-state index is 11.7. The fourth-order valence-corrected chi connectivity index (χ4v) is 2.33. The van der Waals surface area contributed by atoms with Crippen LogP contribution in [0.1, 0.15) is 12.8 Å². The molecule has 1 aliphatic rings. The molecular weight excluding hydrogens is 296 g/mol. The topological polar surface area (TPSA) is 50.4 Å². The fraction of sp³-hybridized carbons (Fsp3) is 0.462. The molecule has 1 atom stereocenters. The highest BCUT2D eigenvalue weighted by Gasteiger charge is 2.15. The van der Waals surface area contributed by atoms with Crippen molar-refractivity contribution in [1.82, 2.24) is 10.6 Å². The maximum atomic E-state index is 11.7. The van der Waals surface area contributed by atoms with Crippen LogP contribution in [-0.4, -0.2) is 31.6 Å². The summed E-state index contributed by atoms with van der Waals surface area (Å²) in [6, 6.07) is 7.70. The van der Waals surface area contributed by atoms with Crippen LogP contribution in [0.25, 0.3) is 0 Å². The van der Waals surface area contributed by atoms with Crippen molar-refractivity contribution in [3.8, 4) is 5.75 Å². The Balaban J connectivity index is 1.74. The van der Waals surface area contributed by atoms with Crippen molar-refractivity contribution in [2.24, 2.45) is 0 Å². The predicted molar refractivity (Wildman–Crippen MR) is 73.7 cm³/mol.